The first-order valence-corrected chi connectivity index (χ1v) is 5.64. The highest BCUT2D eigenvalue weighted by Crippen LogP contribution is 2.20. The molecule has 2 heteroatoms. The van der Waals surface area contributed by atoms with Gasteiger partial charge in [-0.25, -0.2) is 0 Å². The fourth-order valence-corrected chi connectivity index (χ4v) is 1.74. The molecule has 1 radical (unpaired) electrons. The van der Waals surface area contributed by atoms with Crippen molar-refractivity contribution in [3.05, 3.63) is 66.2 Å². The van der Waals surface area contributed by atoms with Crippen molar-refractivity contribution in [1.29, 1.82) is 0 Å². The summed E-state index contributed by atoms with van der Waals surface area (Å²) < 4.78 is 5.45. The number of rotatable bonds is 4. The molecule has 0 saturated carbocycles. The standard InChI is InChI=1S/C15H15O2/c1-15(16,12-13-8-4-2-5-9-13)17-14-10-6-3-7-11-14/h2-11H,12H2,1H3. The lowest BCUT2D eigenvalue weighted by Crippen LogP contribution is -2.32. The van der Waals surface area contributed by atoms with Gasteiger partial charge in [0.1, 0.15) is 5.75 Å². The van der Waals surface area contributed by atoms with Gasteiger partial charge in [-0.05, 0) is 17.7 Å². The van der Waals surface area contributed by atoms with Crippen molar-refractivity contribution in [2.75, 3.05) is 0 Å². The van der Waals surface area contributed by atoms with E-state index < -0.39 is 5.79 Å². The van der Waals surface area contributed by atoms with Crippen molar-refractivity contribution < 1.29 is 9.84 Å². The minimum absolute atomic E-state index is 0.350. The molecule has 0 aromatic heterocycles. The summed E-state index contributed by atoms with van der Waals surface area (Å²) >= 11 is 0. The molecule has 0 saturated heterocycles. The average molecular weight is 227 g/mol. The second kappa shape index (κ2) is 5.02. The molecule has 0 aliphatic rings. The molecule has 1 unspecified atom stereocenters. The van der Waals surface area contributed by atoms with Gasteiger partial charge in [-0.3, -0.25) is 0 Å². The normalized spacial score (nSPS) is 14.0. The summed E-state index contributed by atoms with van der Waals surface area (Å²) in [5, 5.41) is 12.2. The van der Waals surface area contributed by atoms with Gasteiger partial charge < -0.3 is 4.74 Å². The molecular formula is C15H15O2. The lowest BCUT2D eigenvalue weighted by molar-refractivity contribution is -0.167. The zero-order valence-corrected chi connectivity index (χ0v) is 9.80. The van der Waals surface area contributed by atoms with Gasteiger partial charge in [0.2, 0.25) is 5.79 Å². The van der Waals surface area contributed by atoms with Crippen LogP contribution in [0.5, 0.6) is 5.75 Å². The third-order valence-corrected chi connectivity index (χ3v) is 2.45. The third kappa shape index (κ3) is 3.61. The van der Waals surface area contributed by atoms with E-state index in [2.05, 4.69) is 0 Å². The predicted molar refractivity (Wildman–Crippen MR) is 66.3 cm³/mol. The van der Waals surface area contributed by atoms with E-state index in [0.29, 0.717) is 12.2 Å². The molecule has 0 amide bonds. The zero-order valence-electron chi connectivity index (χ0n) is 9.80. The van der Waals surface area contributed by atoms with E-state index >= 15 is 0 Å². The Morgan fingerprint density at radius 1 is 0.941 bits per heavy atom. The van der Waals surface area contributed by atoms with Crippen LogP contribution < -0.4 is 4.74 Å². The predicted octanol–water partition coefficient (Wildman–Crippen LogP) is 3.45. The highest BCUT2D eigenvalue weighted by molar-refractivity contribution is 5.22. The van der Waals surface area contributed by atoms with Crippen molar-refractivity contribution in [3.8, 4) is 5.75 Å². The Morgan fingerprint density at radius 3 is 2.06 bits per heavy atom. The van der Waals surface area contributed by atoms with Gasteiger partial charge in [0, 0.05) is 13.3 Å². The number of hydrogen-bond acceptors (Lipinski definition) is 1. The second-order valence-electron chi connectivity index (χ2n) is 4.21. The molecule has 0 heterocycles. The first-order chi connectivity index (χ1) is 8.16. The Bertz CT molecular complexity index is 405. The molecular weight excluding hydrogens is 212 g/mol. The van der Waals surface area contributed by atoms with E-state index in [1.165, 1.54) is 0 Å². The van der Waals surface area contributed by atoms with Gasteiger partial charge in [-0.15, -0.1) is 0 Å². The van der Waals surface area contributed by atoms with Crippen LogP contribution in [0.25, 0.3) is 0 Å². The van der Waals surface area contributed by atoms with Crippen LogP contribution in [0.1, 0.15) is 12.5 Å². The topological polar surface area (TPSA) is 29.1 Å². The molecule has 2 rings (SSSR count). The summed E-state index contributed by atoms with van der Waals surface area (Å²) in [7, 11) is 0. The summed E-state index contributed by atoms with van der Waals surface area (Å²) in [4.78, 5) is 0. The Balaban J connectivity index is 2.04. The summed E-state index contributed by atoms with van der Waals surface area (Å²) in [6, 6.07) is 18.8. The first-order valence-electron chi connectivity index (χ1n) is 5.64. The average Bonchev–Trinajstić information content (AvgIpc) is 2.30. The van der Waals surface area contributed by atoms with E-state index in [4.69, 9.17) is 4.74 Å². The van der Waals surface area contributed by atoms with E-state index in [0.717, 1.165) is 5.56 Å². The highest BCUT2D eigenvalue weighted by atomic mass is 16.6. The smallest absolute Gasteiger partial charge is 0.242 e. The molecule has 0 aliphatic heterocycles. The van der Waals surface area contributed by atoms with E-state index in [9.17, 15) is 5.11 Å². The number of para-hydroxylation sites is 1. The fraction of sp³-hybridized carbons (Fsp3) is 0.200. The molecule has 17 heavy (non-hydrogen) atoms. The molecule has 0 spiro atoms. The molecule has 1 atom stereocenters. The number of hydrogen-bond donors (Lipinski definition) is 0. The number of benzene rings is 2. The van der Waals surface area contributed by atoms with Crippen LogP contribution in [0.3, 0.4) is 0 Å². The molecule has 2 aromatic carbocycles. The van der Waals surface area contributed by atoms with Crippen molar-refractivity contribution in [2.24, 2.45) is 0 Å². The fourth-order valence-electron chi connectivity index (χ4n) is 1.74. The Hall–Kier alpha value is -1.80. The number of ether oxygens (including phenoxy) is 1. The Labute approximate surface area is 101 Å². The second-order valence-corrected chi connectivity index (χ2v) is 4.21. The van der Waals surface area contributed by atoms with E-state index in [1.807, 2.05) is 48.5 Å². The van der Waals surface area contributed by atoms with Crippen molar-refractivity contribution in [3.63, 3.8) is 0 Å². The monoisotopic (exact) mass is 227 g/mol. The van der Waals surface area contributed by atoms with E-state index in [-0.39, 0.29) is 0 Å². The summed E-state index contributed by atoms with van der Waals surface area (Å²) in [6.07, 6.45) is 0.350. The SMILES string of the molecule is CC([O])(Cc1ccccc1)Oc1ccccc1. The van der Waals surface area contributed by atoms with E-state index in [1.54, 1.807) is 19.1 Å². The van der Waals surface area contributed by atoms with Crippen molar-refractivity contribution in [2.45, 2.75) is 19.1 Å². The van der Waals surface area contributed by atoms with Gasteiger partial charge in [-0.2, -0.15) is 5.11 Å². The van der Waals surface area contributed by atoms with Crippen molar-refractivity contribution >= 4 is 0 Å². The molecule has 0 N–H and O–H groups in total. The maximum absolute atomic E-state index is 12.2. The highest BCUT2D eigenvalue weighted by Gasteiger charge is 2.25. The molecule has 0 fully saturated rings. The Morgan fingerprint density at radius 2 is 1.47 bits per heavy atom. The van der Waals surface area contributed by atoms with Crippen LogP contribution in [0.2, 0.25) is 0 Å². The molecule has 0 bridgehead atoms. The minimum atomic E-state index is -1.44. The summed E-state index contributed by atoms with van der Waals surface area (Å²) in [5.74, 6) is -0.830. The van der Waals surface area contributed by atoms with Gasteiger partial charge in [-0.1, -0.05) is 48.5 Å². The maximum Gasteiger partial charge on any atom is 0.242 e. The van der Waals surface area contributed by atoms with Crippen LogP contribution >= 0.6 is 0 Å². The van der Waals surface area contributed by atoms with Crippen LogP contribution in [-0.4, -0.2) is 5.79 Å². The quantitative estimate of drug-likeness (QED) is 0.735. The molecule has 0 aliphatic carbocycles. The largest absolute Gasteiger partial charge is 0.460 e. The van der Waals surface area contributed by atoms with Gasteiger partial charge in [0.15, 0.2) is 0 Å². The third-order valence-electron chi connectivity index (χ3n) is 2.45. The van der Waals surface area contributed by atoms with Crippen LogP contribution in [0, 0.1) is 0 Å². The minimum Gasteiger partial charge on any atom is -0.460 e. The van der Waals surface area contributed by atoms with Gasteiger partial charge in [0.25, 0.3) is 0 Å². The summed E-state index contributed by atoms with van der Waals surface area (Å²) in [5.41, 5.74) is 0.987. The first kappa shape index (κ1) is 11.7. The summed E-state index contributed by atoms with van der Waals surface area (Å²) in [6.45, 7) is 1.56. The molecule has 2 aromatic rings. The van der Waals surface area contributed by atoms with Gasteiger partial charge in [0.05, 0.1) is 0 Å². The molecule has 87 valence electrons. The van der Waals surface area contributed by atoms with Crippen LogP contribution in [-0.2, 0) is 11.5 Å². The Kier molecular flexibility index (Phi) is 3.45. The molecule has 2 nitrogen and oxygen atoms in total. The van der Waals surface area contributed by atoms with Crippen LogP contribution in [0.4, 0.5) is 0 Å². The van der Waals surface area contributed by atoms with Crippen molar-refractivity contribution in [1.82, 2.24) is 0 Å². The van der Waals surface area contributed by atoms with Crippen LogP contribution in [0.15, 0.2) is 60.7 Å². The lowest BCUT2D eigenvalue weighted by Gasteiger charge is -2.22. The zero-order chi connectivity index (χ0) is 12.1. The maximum atomic E-state index is 12.2. The van der Waals surface area contributed by atoms with Gasteiger partial charge >= 0.3 is 0 Å². The lowest BCUT2D eigenvalue weighted by atomic mass is 10.1.